The number of benzene rings is 1. The minimum absolute atomic E-state index is 0.187. The van der Waals surface area contributed by atoms with E-state index in [4.69, 9.17) is 5.11 Å². The summed E-state index contributed by atoms with van der Waals surface area (Å²) in [5.41, 5.74) is 2.40. The second kappa shape index (κ2) is 4.26. The van der Waals surface area contributed by atoms with Crippen LogP contribution in [0.2, 0.25) is 0 Å². The number of hydrogen-bond donors (Lipinski definition) is 3. The van der Waals surface area contributed by atoms with E-state index in [1.807, 2.05) is 6.20 Å². The van der Waals surface area contributed by atoms with Crippen LogP contribution in [0.3, 0.4) is 0 Å². The largest absolute Gasteiger partial charge is 0.395 e. The average molecular weight is 190 g/mol. The quantitative estimate of drug-likeness (QED) is 0.635. The van der Waals surface area contributed by atoms with E-state index >= 15 is 0 Å². The molecular weight excluding hydrogens is 176 g/mol. The van der Waals surface area contributed by atoms with Gasteiger partial charge in [0, 0.05) is 24.8 Å². The van der Waals surface area contributed by atoms with Gasteiger partial charge >= 0.3 is 0 Å². The van der Waals surface area contributed by atoms with Crippen LogP contribution in [0.15, 0.2) is 30.5 Å². The van der Waals surface area contributed by atoms with Crippen LogP contribution in [0.5, 0.6) is 0 Å². The summed E-state index contributed by atoms with van der Waals surface area (Å²) in [4.78, 5) is 3.15. The van der Waals surface area contributed by atoms with Crippen molar-refractivity contribution in [2.24, 2.45) is 0 Å². The van der Waals surface area contributed by atoms with Crippen molar-refractivity contribution in [2.45, 2.75) is 6.54 Å². The predicted octanol–water partition coefficient (Wildman–Crippen LogP) is 1.25. The molecule has 1 heterocycles. The van der Waals surface area contributed by atoms with Crippen LogP contribution in [-0.4, -0.2) is 23.2 Å². The summed E-state index contributed by atoms with van der Waals surface area (Å²) < 4.78 is 0. The van der Waals surface area contributed by atoms with Gasteiger partial charge in [0.2, 0.25) is 0 Å². The van der Waals surface area contributed by atoms with Crippen LogP contribution in [-0.2, 0) is 6.54 Å². The molecular formula is C11H14N2O. The molecule has 0 amide bonds. The first-order valence-corrected chi connectivity index (χ1v) is 4.78. The second-order valence-electron chi connectivity index (χ2n) is 3.30. The van der Waals surface area contributed by atoms with E-state index in [1.165, 1.54) is 10.9 Å². The summed E-state index contributed by atoms with van der Waals surface area (Å²) in [5.74, 6) is 0. The van der Waals surface area contributed by atoms with E-state index in [-0.39, 0.29) is 6.61 Å². The molecule has 2 aromatic rings. The van der Waals surface area contributed by atoms with Gasteiger partial charge in [-0.15, -0.1) is 0 Å². The van der Waals surface area contributed by atoms with Crippen LogP contribution in [0.1, 0.15) is 5.56 Å². The van der Waals surface area contributed by atoms with Gasteiger partial charge in [-0.1, -0.05) is 6.07 Å². The molecule has 0 spiro atoms. The molecule has 0 saturated heterocycles. The SMILES string of the molecule is OCCNCc1ccc2[nH]ccc2c1. The number of aromatic amines is 1. The number of aromatic nitrogens is 1. The lowest BCUT2D eigenvalue weighted by Gasteiger charge is -2.02. The van der Waals surface area contributed by atoms with Gasteiger partial charge < -0.3 is 15.4 Å². The zero-order chi connectivity index (χ0) is 9.80. The number of hydrogen-bond acceptors (Lipinski definition) is 2. The third kappa shape index (κ3) is 1.95. The molecule has 2 rings (SSSR count). The van der Waals surface area contributed by atoms with Gasteiger partial charge in [-0.3, -0.25) is 0 Å². The third-order valence-corrected chi connectivity index (χ3v) is 2.24. The number of nitrogens with one attached hydrogen (secondary N) is 2. The van der Waals surface area contributed by atoms with Gasteiger partial charge in [0.25, 0.3) is 0 Å². The fourth-order valence-corrected chi connectivity index (χ4v) is 1.52. The van der Waals surface area contributed by atoms with E-state index in [0.29, 0.717) is 6.54 Å². The van der Waals surface area contributed by atoms with Gasteiger partial charge in [-0.05, 0) is 29.1 Å². The van der Waals surface area contributed by atoms with Crippen molar-refractivity contribution >= 4 is 10.9 Å². The molecule has 1 aromatic carbocycles. The first kappa shape index (κ1) is 9.24. The Morgan fingerprint density at radius 2 is 2.21 bits per heavy atom. The second-order valence-corrected chi connectivity index (χ2v) is 3.30. The topological polar surface area (TPSA) is 48.0 Å². The Hall–Kier alpha value is -1.32. The highest BCUT2D eigenvalue weighted by Crippen LogP contribution is 2.13. The Kier molecular flexibility index (Phi) is 2.81. The fraction of sp³-hybridized carbons (Fsp3) is 0.273. The van der Waals surface area contributed by atoms with Gasteiger partial charge in [-0.2, -0.15) is 0 Å². The molecule has 0 radical (unpaired) electrons. The van der Waals surface area contributed by atoms with Crippen molar-refractivity contribution in [2.75, 3.05) is 13.2 Å². The minimum atomic E-state index is 0.187. The van der Waals surface area contributed by atoms with Crippen molar-refractivity contribution in [1.82, 2.24) is 10.3 Å². The molecule has 3 heteroatoms. The number of aliphatic hydroxyl groups is 1. The fourth-order valence-electron chi connectivity index (χ4n) is 1.52. The van der Waals surface area contributed by atoms with Crippen LogP contribution >= 0.6 is 0 Å². The molecule has 0 unspecified atom stereocenters. The highest BCUT2D eigenvalue weighted by molar-refractivity contribution is 5.79. The normalized spacial score (nSPS) is 10.9. The van der Waals surface area contributed by atoms with Gasteiger partial charge in [0.1, 0.15) is 0 Å². The van der Waals surface area contributed by atoms with E-state index < -0.39 is 0 Å². The van der Waals surface area contributed by atoms with Gasteiger partial charge in [0.05, 0.1) is 6.61 Å². The van der Waals surface area contributed by atoms with Crippen molar-refractivity contribution in [3.05, 3.63) is 36.0 Å². The Labute approximate surface area is 82.8 Å². The zero-order valence-corrected chi connectivity index (χ0v) is 7.96. The van der Waals surface area contributed by atoms with Gasteiger partial charge in [0.15, 0.2) is 0 Å². The molecule has 14 heavy (non-hydrogen) atoms. The third-order valence-electron chi connectivity index (χ3n) is 2.24. The molecule has 3 N–H and O–H groups in total. The lowest BCUT2D eigenvalue weighted by atomic mass is 10.1. The molecule has 3 nitrogen and oxygen atoms in total. The summed E-state index contributed by atoms with van der Waals surface area (Å²) in [6.45, 7) is 1.64. The molecule has 74 valence electrons. The number of fused-ring (bicyclic) bond motifs is 1. The number of aliphatic hydroxyl groups excluding tert-OH is 1. The monoisotopic (exact) mass is 190 g/mol. The van der Waals surface area contributed by atoms with E-state index in [9.17, 15) is 0 Å². The number of H-pyrrole nitrogens is 1. The minimum Gasteiger partial charge on any atom is -0.395 e. The maximum atomic E-state index is 8.62. The molecule has 0 bridgehead atoms. The van der Waals surface area contributed by atoms with E-state index in [2.05, 4.69) is 34.6 Å². The van der Waals surface area contributed by atoms with Crippen LogP contribution in [0.25, 0.3) is 10.9 Å². The first-order valence-electron chi connectivity index (χ1n) is 4.78. The summed E-state index contributed by atoms with van der Waals surface area (Å²) in [6, 6.07) is 8.37. The summed E-state index contributed by atoms with van der Waals surface area (Å²) in [5, 5.41) is 13.0. The van der Waals surface area contributed by atoms with Crippen molar-refractivity contribution in [1.29, 1.82) is 0 Å². The standard InChI is InChI=1S/C11H14N2O/c14-6-5-12-8-9-1-2-11-10(7-9)3-4-13-11/h1-4,7,12-14H,5-6,8H2. The number of rotatable bonds is 4. The summed E-state index contributed by atoms with van der Waals surface area (Å²) >= 11 is 0. The maximum Gasteiger partial charge on any atom is 0.0556 e. The predicted molar refractivity (Wildman–Crippen MR) is 57.1 cm³/mol. The molecule has 0 atom stereocenters. The first-order chi connectivity index (χ1) is 6.90. The summed E-state index contributed by atoms with van der Waals surface area (Å²) in [7, 11) is 0. The molecule has 1 aromatic heterocycles. The highest BCUT2D eigenvalue weighted by atomic mass is 16.3. The molecule has 0 aliphatic carbocycles. The molecule has 0 fully saturated rings. The van der Waals surface area contributed by atoms with Crippen molar-refractivity contribution < 1.29 is 5.11 Å². The average Bonchev–Trinajstić information content (AvgIpc) is 2.65. The molecule has 0 aliphatic rings. The smallest absolute Gasteiger partial charge is 0.0556 e. The van der Waals surface area contributed by atoms with Crippen molar-refractivity contribution in [3.8, 4) is 0 Å². The highest BCUT2D eigenvalue weighted by Gasteiger charge is 1.96. The van der Waals surface area contributed by atoms with Crippen LogP contribution in [0, 0.1) is 0 Å². The molecule has 0 aliphatic heterocycles. The Bertz CT molecular complexity index is 408. The van der Waals surface area contributed by atoms with Crippen LogP contribution < -0.4 is 5.32 Å². The van der Waals surface area contributed by atoms with Gasteiger partial charge in [-0.25, -0.2) is 0 Å². The lowest BCUT2D eigenvalue weighted by Crippen LogP contribution is -2.17. The Morgan fingerprint density at radius 1 is 1.29 bits per heavy atom. The van der Waals surface area contributed by atoms with Crippen molar-refractivity contribution in [3.63, 3.8) is 0 Å². The molecule has 0 saturated carbocycles. The van der Waals surface area contributed by atoms with E-state index in [0.717, 1.165) is 12.1 Å². The Balaban J connectivity index is 2.10. The van der Waals surface area contributed by atoms with E-state index in [1.54, 1.807) is 0 Å². The summed E-state index contributed by atoms with van der Waals surface area (Å²) in [6.07, 6.45) is 1.94. The van der Waals surface area contributed by atoms with Crippen LogP contribution in [0.4, 0.5) is 0 Å². The lowest BCUT2D eigenvalue weighted by molar-refractivity contribution is 0.292. The Morgan fingerprint density at radius 3 is 3.07 bits per heavy atom. The maximum absolute atomic E-state index is 8.62. The zero-order valence-electron chi connectivity index (χ0n) is 7.96.